The topological polar surface area (TPSA) is 32.3 Å². The van der Waals surface area contributed by atoms with Gasteiger partial charge < -0.3 is 10.2 Å². The van der Waals surface area contributed by atoms with Crippen molar-refractivity contribution in [1.29, 1.82) is 0 Å². The number of carbonyl (C=O) groups is 1. The molecule has 0 saturated carbocycles. The number of carbonyl (C=O) groups excluding carboxylic acids is 1. The third kappa shape index (κ3) is 2.01. The number of hydrogen-bond acceptors (Lipinski definition) is 2. The first kappa shape index (κ1) is 11.7. The zero-order valence-corrected chi connectivity index (χ0v) is 10.3. The lowest BCUT2D eigenvalue weighted by Crippen LogP contribution is -2.61. The van der Waals surface area contributed by atoms with Crippen molar-refractivity contribution in [3.05, 3.63) is 35.6 Å². The summed E-state index contributed by atoms with van der Waals surface area (Å²) in [4.78, 5) is 14.0. The summed E-state index contributed by atoms with van der Waals surface area (Å²) in [6, 6.07) is 5.94. The van der Waals surface area contributed by atoms with Gasteiger partial charge in [0.1, 0.15) is 5.82 Å². The summed E-state index contributed by atoms with van der Waals surface area (Å²) < 4.78 is 13.1. The highest BCUT2D eigenvalue weighted by molar-refractivity contribution is 5.94. The molecule has 0 radical (unpaired) electrons. The quantitative estimate of drug-likeness (QED) is 0.819. The van der Waals surface area contributed by atoms with Crippen LogP contribution >= 0.6 is 0 Å². The van der Waals surface area contributed by atoms with Gasteiger partial charge >= 0.3 is 0 Å². The Balaban J connectivity index is 1.66. The van der Waals surface area contributed by atoms with Crippen LogP contribution < -0.4 is 5.32 Å². The molecule has 2 heterocycles. The molecule has 1 aromatic rings. The Morgan fingerprint density at radius 3 is 2.67 bits per heavy atom. The van der Waals surface area contributed by atoms with E-state index in [0.717, 1.165) is 39.0 Å². The van der Waals surface area contributed by atoms with E-state index >= 15 is 0 Å². The van der Waals surface area contributed by atoms with Crippen LogP contribution in [0.25, 0.3) is 0 Å². The van der Waals surface area contributed by atoms with Crippen molar-refractivity contribution >= 4 is 5.91 Å². The lowest BCUT2D eigenvalue weighted by atomic mass is 9.72. The van der Waals surface area contributed by atoms with Crippen molar-refractivity contribution in [1.82, 2.24) is 10.2 Å². The van der Waals surface area contributed by atoms with Crippen LogP contribution in [-0.2, 0) is 0 Å². The van der Waals surface area contributed by atoms with E-state index in [9.17, 15) is 9.18 Å². The smallest absolute Gasteiger partial charge is 0.253 e. The highest BCUT2D eigenvalue weighted by Gasteiger charge is 2.45. The molecule has 0 aromatic heterocycles. The highest BCUT2D eigenvalue weighted by atomic mass is 19.1. The predicted octanol–water partition coefficient (Wildman–Crippen LogP) is 1.65. The van der Waals surface area contributed by atoms with Crippen LogP contribution in [0.4, 0.5) is 4.39 Å². The average molecular weight is 248 g/mol. The van der Waals surface area contributed by atoms with Gasteiger partial charge in [0.05, 0.1) is 0 Å². The molecule has 0 unspecified atom stereocenters. The first-order valence-electron chi connectivity index (χ1n) is 6.44. The van der Waals surface area contributed by atoms with Gasteiger partial charge in [-0.1, -0.05) is 6.07 Å². The van der Waals surface area contributed by atoms with Gasteiger partial charge in [-0.2, -0.15) is 0 Å². The molecule has 2 fully saturated rings. The fourth-order valence-corrected chi connectivity index (χ4v) is 2.98. The summed E-state index contributed by atoms with van der Waals surface area (Å²) in [5, 5.41) is 3.34. The van der Waals surface area contributed by atoms with E-state index in [-0.39, 0.29) is 11.7 Å². The van der Waals surface area contributed by atoms with Crippen LogP contribution in [0, 0.1) is 11.2 Å². The second kappa shape index (κ2) is 4.35. The maximum atomic E-state index is 13.1. The molecule has 3 nitrogen and oxygen atoms in total. The molecule has 1 amide bonds. The largest absolute Gasteiger partial charge is 0.337 e. The van der Waals surface area contributed by atoms with Crippen molar-refractivity contribution in [2.24, 2.45) is 5.41 Å². The van der Waals surface area contributed by atoms with Crippen LogP contribution in [0.5, 0.6) is 0 Å². The Bertz CT molecular complexity index is 461. The normalized spacial score (nSPS) is 21.7. The molecule has 18 heavy (non-hydrogen) atoms. The number of nitrogens with one attached hydrogen (secondary N) is 1. The minimum Gasteiger partial charge on any atom is -0.337 e. The van der Waals surface area contributed by atoms with Gasteiger partial charge in [-0.25, -0.2) is 4.39 Å². The summed E-state index contributed by atoms with van der Waals surface area (Å²) >= 11 is 0. The molecule has 3 rings (SSSR count). The second-order valence-electron chi connectivity index (χ2n) is 5.42. The van der Waals surface area contributed by atoms with E-state index in [1.807, 2.05) is 4.90 Å². The molecule has 1 spiro atoms. The third-order valence-corrected chi connectivity index (χ3v) is 4.08. The predicted molar refractivity (Wildman–Crippen MR) is 66.8 cm³/mol. The summed E-state index contributed by atoms with van der Waals surface area (Å²) in [6.45, 7) is 3.73. The van der Waals surface area contributed by atoms with Crippen LogP contribution in [-0.4, -0.2) is 37.0 Å². The molecular weight excluding hydrogens is 231 g/mol. The minimum atomic E-state index is -0.349. The van der Waals surface area contributed by atoms with Gasteiger partial charge in [-0.05, 0) is 44.1 Å². The number of hydrogen-bond donors (Lipinski definition) is 1. The molecule has 2 aliphatic heterocycles. The van der Waals surface area contributed by atoms with Crippen molar-refractivity contribution in [3.8, 4) is 0 Å². The zero-order chi connectivity index (χ0) is 12.6. The number of amides is 1. The summed E-state index contributed by atoms with van der Waals surface area (Å²) in [5.41, 5.74) is 0.785. The van der Waals surface area contributed by atoms with Gasteiger partial charge in [0.15, 0.2) is 0 Å². The SMILES string of the molecule is O=C(c1cccc(F)c1)N1CC2(CCNCC2)C1. The lowest BCUT2D eigenvalue weighted by molar-refractivity contribution is -0.0113. The molecule has 1 N–H and O–H groups in total. The van der Waals surface area contributed by atoms with Crippen molar-refractivity contribution in [2.45, 2.75) is 12.8 Å². The average Bonchev–Trinajstić information content (AvgIpc) is 2.36. The molecule has 2 aliphatic rings. The number of halogens is 1. The van der Waals surface area contributed by atoms with E-state index in [0.29, 0.717) is 11.0 Å². The van der Waals surface area contributed by atoms with Gasteiger partial charge in [0, 0.05) is 24.1 Å². The summed E-state index contributed by atoms with van der Waals surface area (Å²) in [7, 11) is 0. The standard InChI is InChI=1S/C14H17FN2O/c15-12-3-1-2-11(8-12)13(18)17-9-14(10-17)4-6-16-7-5-14/h1-3,8,16H,4-7,9-10H2. The fraction of sp³-hybridized carbons (Fsp3) is 0.500. The second-order valence-corrected chi connectivity index (χ2v) is 5.42. The van der Waals surface area contributed by atoms with Gasteiger partial charge in [0.2, 0.25) is 0 Å². The lowest BCUT2D eigenvalue weighted by Gasteiger charge is -2.52. The third-order valence-electron chi connectivity index (χ3n) is 4.08. The molecule has 2 saturated heterocycles. The van der Waals surface area contributed by atoms with E-state index in [4.69, 9.17) is 0 Å². The fourth-order valence-electron chi connectivity index (χ4n) is 2.98. The van der Waals surface area contributed by atoms with Crippen LogP contribution in [0.15, 0.2) is 24.3 Å². The highest BCUT2D eigenvalue weighted by Crippen LogP contribution is 2.39. The zero-order valence-electron chi connectivity index (χ0n) is 10.3. The Morgan fingerprint density at radius 2 is 2.00 bits per heavy atom. The van der Waals surface area contributed by atoms with Gasteiger partial charge in [-0.15, -0.1) is 0 Å². The maximum Gasteiger partial charge on any atom is 0.253 e. The monoisotopic (exact) mass is 248 g/mol. The van der Waals surface area contributed by atoms with Crippen LogP contribution in [0.1, 0.15) is 23.2 Å². The molecule has 0 bridgehead atoms. The molecule has 0 atom stereocenters. The first-order valence-corrected chi connectivity index (χ1v) is 6.44. The van der Waals surface area contributed by atoms with Gasteiger partial charge in [0.25, 0.3) is 5.91 Å². The Kier molecular flexibility index (Phi) is 2.82. The van der Waals surface area contributed by atoms with E-state index < -0.39 is 0 Å². The number of nitrogens with zero attached hydrogens (tertiary/aromatic N) is 1. The number of likely N-dealkylation sites (tertiary alicyclic amines) is 1. The number of benzene rings is 1. The van der Waals surface area contributed by atoms with E-state index in [1.165, 1.54) is 12.1 Å². The molecule has 0 aliphatic carbocycles. The minimum absolute atomic E-state index is 0.0429. The van der Waals surface area contributed by atoms with Crippen LogP contribution in [0.3, 0.4) is 0 Å². The van der Waals surface area contributed by atoms with E-state index in [1.54, 1.807) is 12.1 Å². The van der Waals surface area contributed by atoms with Crippen molar-refractivity contribution < 1.29 is 9.18 Å². The van der Waals surface area contributed by atoms with Crippen molar-refractivity contribution in [3.63, 3.8) is 0 Å². The summed E-state index contributed by atoms with van der Waals surface area (Å²) in [6.07, 6.45) is 2.28. The molecule has 96 valence electrons. The Hall–Kier alpha value is -1.42. The van der Waals surface area contributed by atoms with Gasteiger partial charge in [-0.3, -0.25) is 4.79 Å². The number of piperidine rings is 1. The molecule has 4 heteroatoms. The Labute approximate surface area is 106 Å². The van der Waals surface area contributed by atoms with Crippen LogP contribution in [0.2, 0.25) is 0 Å². The van der Waals surface area contributed by atoms with E-state index in [2.05, 4.69) is 5.32 Å². The molecular formula is C14H17FN2O. The molecule has 1 aromatic carbocycles. The summed E-state index contributed by atoms with van der Waals surface area (Å²) in [5.74, 6) is -0.392. The first-order chi connectivity index (χ1) is 8.69. The van der Waals surface area contributed by atoms with Crippen molar-refractivity contribution in [2.75, 3.05) is 26.2 Å². The number of rotatable bonds is 1. The maximum absolute atomic E-state index is 13.1. The Morgan fingerprint density at radius 1 is 1.28 bits per heavy atom.